The molecule has 150 valence electrons. The lowest BCUT2D eigenvalue weighted by Crippen LogP contribution is -2.08. The summed E-state index contributed by atoms with van der Waals surface area (Å²) < 4.78 is 26.3. The Morgan fingerprint density at radius 3 is 1.86 bits per heavy atom. The zero-order chi connectivity index (χ0) is 20.7. The van der Waals surface area contributed by atoms with Crippen molar-refractivity contribution in [1.82, 2.24) is 0 Å². The van der Waals surface area contributed by atoms with E-state index in [0.29, 0.717) is 45.0 Å². The van der Waals surface area contributed by atoms with Crippen molar-refractivity contribution in [1.29, 1.82) is 0 Å². The molecule has 28 heavy (non-hydrogen) atoms. The third-order valence-corrected chi connectivity index (χ3v) is 4.16. The van der Waals surface area contributed by atoms with Crippen molar-refractivity contribution in [3.63, 3.8) is 0 Å². The molecule has 2 aromatic rings. The van der Waals surface area contributed by atoms with Gasteiger partial charge in [-0.05, 0) is 23.8 Å². The average Bonchev–Trinajstić information content (AvgIpc) is 2.72. The van der Waals surface area contributed by atoms with Crippen LogP contribution in [0.3, 0.4) is 0 Å². The van der Waals surface area contributed by atoms with Crippen LogP contribution in [0.25, 0.3) is 6.08 Å². The minimum absolute atomic E-state index is 0.326. The molecule has 0 bridgehead atoms. The molecule has 0 saturated heterocycles. The maximum Gasteiger partial charge on any atom is 0.248 e. The highest BCUT2D eigenvalue weighted by Gasteiger charge is 2.13. The second kappa shape index (κ2) is 9.75. The number of carbonyl (C=O) groups is 1. The van der Waals surface area contributed by atoms with Crippen LogP contribution >= 0.6 is 11.6 Å². The van der Waals surface area contributed by atoms with Crippen molar-refractivity contribution >= 4 is 29.3 Å². The van der Waals surface area contributed by atoms with E-state index in [-0.39, 0.29) is 5.91 Å². The first-order chi connectivity index (χ1) is 13.5. The molecule has 0 fully saturated rings. The number of amides is 1. The van der Waals surface area contributed by atoms with E-state index >= 15 is 0 Å². The summed E-state index contributed by atoms with van der Waals surface area (Å²) >= 11 is 6.19. The normalized spacial score (nSPS) is 10.5. The molecule has 8 heteroatoms. The van der Waals surface area contributed by atoms with E-state index in [9.17, 15) is 4.79 Å². The predicted octanol–water partition coefficient (Wildman–Crippen LogP) is 4.03. The fourth-order valence-electron chi connectivity index (χ4n) is 2.49. The summed E-state index contributed by atoms with van der Waals surface area (Å²) in [5.74, 6) is 2.01. The maximum absolute atomic E-state index is 12.3. The molecule has 0 atom stereocenters. The summed E-state index contributed by atoms with van der Waals surface area (Å²) in [7, 11) is 7.58. The Labute approximate surface area is 168 Å². The van der Waals surface area contributed by atoms with Crippen molar-refractivity contribution in [2.45, 2.75) is 0 Å². The molecule has 1 amide bonds. The molecule has 0 saturated carbocycles. The van der Waals surface area contributed by atoms with Gasteiger partial charge in [-0.15, -0.1) is 0 Å². The number of benzene rings is 2. The van der Waals surface area contributed by atoms with Crippen LogP contribution in [0, 0.1) is 0 Å². The van der Waals surface area contributed by atoms with Gasteiger partial charge in [0.15, 0.2) is 23.0 Å². The van der Waals surface area contributed by atoms with Crippen molar-refractivity contribution in [3.05, 3.63) is 40.9 Å². The summed E-state index contributed by atoms with van der Waals surface area (Å²) in [6, 6.07) is 6.62. The Morgan fingerprint density at radius 2 is 1.36 bits per heavy atom. The van der Waals surface area contributed by atoms with Gasteiger partial charge in [0.1, 0.15) is 0 Å². The first kappa shape index (κ1) is 21.2. The van der Waals surface area contributed by atoms with Crippen LogP contribution in [-0.4, -0.2) is 41.5 Å². The van der Waals surface area contributed by atoms with Gasteiger partial charge in [0, 0.05) is 18.2 Å². The SMILES string of the molecule is COc1cc(Cl)c(NC(=O)/C=C/c2cc(OC)c(OC)c(OC)c2)cc1OC. The average molecular weight is 408 g/mol. The zero-order valence-corrected chi connectivity index (χ0v) is 17.0. The largest absolute Gasteiger partial charge is 0.493 e. The van der Waals surface area contributed by atoms with Gasteiger partial charge >= 0.3 is 0 Å². The van der Waals surface area contributed by atoms with Crippen molar-refractivity contribution in [3.8, 4) is 28.7 Å². The second-order valence-corrected chi connectivity index (χ2v) is 5.88. The van der Waals surface area contributed by atoms with Crippen LogP contribution in [0.15, 0.2) is 30.3 Å². The number of rotatable bonds is 8. The van der Waals surface area contributed by atoms with Gasteiger partial charge in [0.2, 0.25) is 11.7 Å². The van der Waals surface area contributed by atoms with Crippen LogP contribution in [0.2, 0.25) is 5.02 Å². The third kappa shape index (κ3) is 4.80. The fourth-order valence-corrected chi connectivity index (χ4v) is 2.69. The first-order valence-electron chi connectivity index (χ1n) is 8.18. The number of hydrogen-bond donors (Lipinski definition) is 1. The lowest BCUT2D eigenvalue weighted by atomic mass is 10.1. The molecule has 0 aromatic heterocycles. The minimum Gasteiger partial charge on any atom is -0.493 e. The quantitative estimate of drug-likeness (QED) is 0.666. The topological polar surface area (TPSA) is 75.3 Å². The second-order valence-electron chi connectivity index (χ2n) is 5.47. The van der Waals surface area contributed by atoms with Gasteiger partial charge in [-0.25, -0.2) is 0 Å². The standard InChI is InChI=1S/C20H22ClNO6/c1-24-15-10-13(21)14(11-16(15)25-2)22-19(23)7-6-12-8-17(26-3)20(28-5)18(9-12)27-4/h6-11H,1-5H3,(H,22,23)/b7-6+. The molecular formula is C20H22ClNO6. The summed E-state index contributed by atoms with van der Waals surface area (Å²) in [5.41, 5.74) is 1.10. The van der Waals surface area contributed by atoms with E-state index in [0.717, 1.165) is 0 Å². The van der Waals surface area contributed by atoms with E-state index in [1.54, 1.807) is 30.3 Å². The monoisotopic (exact) mass is 407 g/mol. The number of methoxy groups -OCH3 is 5. The smallest absolute Gasteiger partial charge is 0.248 e. The molecule has 0 aliphatic heterocycles. The van der Waals surface area contributed by atoms with E-state index < -0.39 is 0 Å². The Balaban J connectivity index is 2.23. The summed E-state index contributed by atoms with van der Waals surface area (Å²) in [4.78, 5) is 12.3. The van der Waals surface area contributed by atoms with Crippen molar-refractivity contribution < 1.29 is 28.5 Å². The molecule has 0 heterocycles. The van der Waals surface area contributed by atoms with Gasteiger partial charge in [-0.2, -0.15) is 0 Å². The number of carbonyl (C=O) groups excluding carboxylic acids is 1. The number of ether oxygens (including phenoxy) is 5. The fraction of sp³-hybridized carbons (Fsp3) is 0.250. The van der Waals surface area contributed by atoms with E-state index in [1.807, 2.05) is 0 Å². The van der Waals surface area contributed by atoms with E-state index in [1.165, 1.54) is 41.6 Å². The highest BCUT2D eigenvalue weighted by molar-refractivity contribution is 6.34. The molecule has 2 rings (SSSR count). The van der Waals surface area contributed by atoms with Gasteiger partial charge in [-0.3, -0.25) is 4.79 Å². The molecule has 0 unspecified atom stereocenters. The Hall–Kier alpha value is -3.06. The van der Waals surface area contributed by atoms with Crippen LogP contribution in [-0.2, 0) is 4.79 Å². The van der Waals surface area contributed by atoms with Crippen LogP contribution in [0.4, 0.5) is 5.69 Å². The molecule has 0 aliphatic carbocycles. The maximum atomic E-state index is 12.3. The lowest BCUT2D eigenvalue weighted by molar-refractivity contribution is -0.111. The van der Waals surface area contributed by atoms with Crippen molar-refractivity contribution in [2.75, 3.05) is 40.9 Å². The number of anilines is 1. The summed E-state index contributed by atoms with van der Waals surface area (Å²) in [6.07, 6.45) is 2.99. The predicted molar refractivity (Wildman–Crippen MR) is 108 cm³/mol. The highest BCUT2D eigenvalue weighted by Crippen LogP contribution is 2.39. The molecular weight excluding hydrogens is 386 g/mol. The molecule has 7 nitrogen and oxygen atoms in total. The van der Waals surface area contributed by atoms with Gasteiger partial charge < -0.3 is 29.0 Å². The van der Waals surface area contributed by atoms with Crippen LogP contribution in [0.5, 0.6) is 28.7 Å². The van der Waals surface area contributed by atoms with Gasteiger partial charge in [0.25, 0.3) is 0 Å². The molecule has 2 aromatic carbocycles. The Bertz CT molecular complexity index is 856. The first-order valence-corrected chi connectivity index (χ1v) is 8.55. The highest BCUT2D eigenvalue weighted by atomic mass is 35.5. The molecule has 0 spiro atoms. The van der Waals surface area contributed by atoms with E-state index in [2.05, 4.69) is 5.32 Å². The minimum atomic E-state index is -0.372. The van der Waals surface area contributed by atoms with Crippen LogP contribution < -0.4 is 29.0 Å². The summed E-state index contributed by atoms with van der Waals surface area (Å²) in [6.45, 7) is 0. The number of nitrogens with one attached hydrogen (secondary N) is 1. The van der Waals surface area contributed by atoms with Gasteiger partial charge in [0.05, 0.1) is 46.3 Å². The van der Waals surface area contributed by atoms with Crippen LogP contribution in [0.1, 0.15) is 5.56 Å². The number of hydrogen-bond acceptors (Lipinski definition) is 6. The van der Waals surface area contributed by atoms with Gasteiger partial charge in [-0.1, -0.05) is 11.6 Å². The zero-order valence-electron chi connectivity index (χ0n) is 16.3. The lowest BCUT2D eigenvalue weighted by Gasteiger charge is -2.13. The van der Waals surface area contributed by atoms with Crippen molar-refractivity contribution in [2.24, 2.45) is 0 Å². The molecule has 1 N–H and O–H groups in total. The Kier molecular flexibility index (Phi) is 7.40. The third-order valence-electron chi connectivity index (χ3n) is 3.85. The van der Waals surface area contributed by atoms with E-state index in [4.69, 9.17) is 35.3 Å². The Morgan fingerprint density at radius 1 is 0.821 bits per heavy atom. The molecule has 0 aliphatic rings. The summed E-state index contributed by atoms with van der Waals surface area (Å²) in [5, 5.41) is 3.03. The number of halogens is 1. The molecule has 0 radical (unpaired) electrons.